The number of hydrogen-bond donors (Lipinski definition) is 3. The molecule has 7 heteroatoms. The van der Waals surface area contributed by atoms with Crippen LogP contribution >= 0.6 is 0 Å². The second-order valence-corrected chi connectivity index (χ2v) is 6.31. The molecule has 0 saturated heterocycles. The quantitative estimate of drug-likeness (QED) is 0.429. The van der Waals surface area contributed by atoms with Crippen LogP contribution in [0.4, 0.5) is 10.3 Å². The van der Waals surface area contributed by atoms with E-state index in [2.05, 4.69) is 25.3 Å². The third-order valence-corrected chi connectivity index (χ3v) is 4.62. The van der Waals surface area contributed by atoms with Gasteiger partial charge in [0.25, 0.3) is 5.56 Å². The molecule has 27 heavy (non-hydrogen) atoms. The maximum atomic E-state index is 13.9. The molecule has 0 radical (unpaired) electrons. The number of H-pyrrole nitrogens is 2. The number of hydrogen-bond acceptors (Lipinski definition) is 4. The van der Waals surface area contributed by atoms with E-state index >= 15 is 0 Å². The van der Waals surface area contributed by atoms with Crippen LogP contribution in [0.2, 0.25) is 0 Å². The van der Waals surface area contributed by atoms with Gasteiger partial charge in [0.15, 0.2) is 0 Å². The van der Waals surface area contributed by atoms with Crippen LogP contribution in [-0.2, 0) is 6.54 Å². The highest BCUT2D eigenvalue weighted by Crippen LogP contribution is 2.33. The zero-order chi connectivity index (χ0) is 18.4. The Morgan fingerprint density at radius 2 is 2.04 bits per heavy atom. The normalized spacial score (nSPS) is 11.4. The Balaban J connectivity index is 1.74. The van der Waals surface area contributed by atoms with Crippen LogP contribution in [-0.4, -0.2) is 19.9 Å². The van der Waals surface area contributed by atoms with Gasteiger partial charge in [-0.05, 0) is 35.9 Å². The number of rotatable bonds is 3. The Morgan fingerprint density at radius 3 is 2.89 bits per heavy atom. The van der Waals surface area contributed by atoms with Gasteiger partial charge in [0, 0.05) is 41.3 Å². The number of benzene rings is 2. The number of pyridine rings is 2. The van der Waals surface area contributed by atoms with Crippen molar-refractivity contribution in [2.75, 3.05) is 5.32 Å². The molecular formula is C20H14FN5O. The third-order valence-electron chi connectivity index (χ3n) is 4.62. The predicted octanol–water partition coefficient (Wildman–Crippen LogP) is 3.70. The Morgan fingerprint density at radius 1 is 1.11 bits per heavy atom. The van der Waals surface area contributed by atoms with Crippen LogP contribution in [0, 0.1) is 5.82 Å². The minimum Gasteiger partial charge on any atom is -0.352 e. The first kappa shape index (κ1) is 15.5. The number of fused-ring (bicyclic) bond motifs is 6. The molecular weight excluding hydrogens is 345 g/mol. The van der Waals surface area contributed by atoms with E-state index in [4.69, 9.17) is 0 Å². The molecule has 0 bridgehead atoms. The van der Waals surface area contributed by atoms with E-state index in [1.165, 1.54) is 12.1 Å². The summed E-state index contributed by atoms with van der Waals surface area (Å²) >= 11 is 0. The van der Waals surface area contributed by atoms with Crippen LogP contribution in [0.1, 0.15) is 5.56 Å². The average molecular weight is 359 g/mol. The number of imidazole rings is 1. The monoisotopic (exact) mass is 359 g/mol. The van der Waals surface area contributed by atoms with Crippen LogP contribution in [0.5, 0.6) is 0 Å². The first-order valence-corrected chi connectivity index (χ1v) is 8.46. The largest absolute Gasteiger partial charge is 0.352 e. The fourth-order valence-electron chi connectivity index (χ4n) is 3.42. The van der Waals surface area contributed by atoms with Gasteiger partial charge in [0.1, 0.15) is 5.82 Å². The molecule has 6 nitrogen and oxygen atoms in total. The van der Waals surface area contributed by atoms with Crippen LogP contribution < -0.4 is 10.9 Å². The highest BCUT2D eigenvalue weighted by Gasteiger charge is 2.15. The highest BCUT2D eigenvalue weighted by atomic mass is 19.1. The molecule has 3 heterocycles. The lowest BCUT2D eigenvalue weighted by Crippen LogP contribution is -2.05. The van der Waals surface area contributed by atoms with E-state index in [-0.39, 0.29) is 5.56 Å². The number of anilines is 1. The van der Waals surface area contributed by atoms with Gasteiger partial charge in [-0.3, -0.25) is 9.78 Å². The second-order valence-electron chi connectivity index (χ2n) is 6.31. The molecule has 0 unspecified atom stereocenters. The van der Waals surface area contributed by atoms with E-state index in [0.717, 1.165) is 16.5 Å². The topological polar surface area (TPSA) is 86.5 Å². The lowest BCUT2D eigenvalue weighted by atomic mass is 10.0. The summed E-state index contributed by atoms with van der Waals surface area (Å²) in [5.74, 6) is 0.184. The molecule has 2 aromatic carbocycles. The summed E-state index contributed by atoms with van der Waals surface area (Å²) in [6, 6.07) is 10.1. The molecule has 0 fully saturated rings. The predicted molar refractivity (Wildman–Crippen MR) is 103 cm³/mol. The molecule has 5 rings (SSSR count). The van der Waals surface area contributed by atoms with E-state index in [0.29, 0.717) is 34.2 Å². The van der Waals surface area contributed by atoms with E-state index in [9.17, 15) is 9.18 Å². The maximum Gasteiger partial charge on any atom is 0.256 e. The number of aromatic nitrogens is 4. The SMILES string of the molecule is O=c1[nH]ccc2c3[nH]c(NCc4cccnc4)nc3c3ccc(F)cc3c12. The van der Waals surface area contributed by atoms with Gasteiger partial charge >= 0.3 is 0 Å². The van der Waals surface area contributed by atoms with Crippen LogP contribution in [0.15, 0.2) is 59.8 Å². The summed E-state index contributed by atoms with van der Waals surface area (Å²) in [5.41, 5.74) is 2.19. The molecule has 3 aromatic heterocycles. The van der Waals surface area contributed by atoms with Gasteiger partial charge in [-0.1, -0.05) is 6.07 Å². The van der Waals surface area contributed by atoms with Gasteiger partial charge < -0.3 is 15.3 Å². The summed E-state index contributed by atoms with van der Waals surface area (Å²) in [6.45, 7) is 0.554. The molecule has 3 N–H and O–H groups in total. The first-order chi connectivity index (χ1) is 13.2. The van der Waals surface area contributed by atoms with Gasteiger partial charge in [0.05, 0.1) is 16.4 Å². The zero-order valence-corrected chi connectivity index (χ0v) is 14.1. The molecule has 0 amide bonds. The van der Waals surface area contributed by atoms with Crippen molar-refractivity contribution in [3.63, 3.8) is 0 Å². The summed E-state index contributed by atoms with van der Waals surface area (Å²) < 4.78 is 13.9. The number of nitrogens with zero attached hydrogens (tertiary/aromatic N) is 2. The first-order valence-electron chi connectivity index (χ1n) is 8.46. The van der Waals surface area contributed by atoms with Crippen molar-refractivity contribution in [3.8, 4) is 0 Å². The Kier molecular flexibility index (Phi) is 3.39. The summed E-state index contributed by atoms with van der Waals surface area (Å²) in [4.78, 5) is 27.1. The van der Waals surface area contributed by atoms with Gasteiger partial charge in [-0.2, -0.15) is 0 Å². The van der Waals surface area contributed by atoms with E-state index in [1.54, 1.807) is 30.7 Å². The van der Waals surface area contributed by atoms with E-state index in [1.807, 2.05) is 12.1 Å². The summed E-state index contributed by atoms with van der Waals surface area (Å²) in [6.07, 6.45) is 5.08. The molecule has 0 aliphatic rings. The van der Waals surface area contributed by atoms with Crippen molar-refractivity contribution in [2.24, 2.45) is 0 Å². The van der Waals surface area contributed by atoms with Crippen LogP contribution in [0.25, 0.3) is 32.6 Å². The van der Waals surface area contributed by atoms with Crippen molar-refractivity contribution in [2.45, 2.75) is 6.54 Å². The molecule has 0 aliphatic heterocycles. The van der Waals surface area contributed by atoms with Crippen molar-refractivity contribution < 1.29 is 4.39 Å². The fourth-order valence-corrected chi connectivity index (χ4v) is 3.42. The Hall–Kier alpha value is -3.74. The summed E-state index contributed by atoms with van der Waals surface area (Å²) in [7, 11) is 0. The average Bonchev–Trinajstić information content (AvgIpc) is 3.12. The summed E-state index contributed by atoms with van der Waals surface area (Å²) in [5, 5.41) is 5.66. The second kappa shape index (κ2) is 5.91. The smallest absolute Gasteiger partial charge is 0.256 e. The molecule has 0 aliphatic carbocycles. The standard InChI is InChI=1S/C20H14FN5O/c21-12-3-4-13-15(8-12)16-14(5-7-23-19(16)27)18-17(13)25-20(26-18)24-10-11-2-1-6-22-9-11/h1-9H,10H2,(H,23,27)(H2,24,25,26). The lowest BCUT2D eigenvalue weighted by molar-refractivity contribution is 0.630. The number of halogens is 1. The van der Waals surface area contributed by atoms with Crippen molar-refractivity contribution in [3.05, 3.63) is 76.7 Å². The fraction of sp³-hybridized carbons (Fsp3) is 0.0500. The molecule has 0 spiro atoms. The Labute approximate surface area is 152 Å². The lowest BCUT2D eigenvalue weighted by Gasteiger charge is -2.05. The zero-order valence-electron chi connectivity index (χ0n) is 14.1. The van der Waals surface area contributed by atoms with Crippen molar-refractivity contribution in [1.82, 2.24) is 19.9 Å². The van der Waals surface area contributed by atoms with Crippen molar-refractivity contribution in [1.29, 1.82) is 0 Å². The molecule has 132 valence electrons. The van der Waals surface area contributed by atoms with E-state index < -0.39 is 5.82 Å². The number of aromatic amines is 2. The minimum absolute atomic E-state index is 0.260. The maximum absolute atomic E-state index is 13.9. The number of nitrogens with one attached hydrogen (secondary N) is 3. The molecule has 0 atom stereocenters. The Bertz CT molecular complexity index is 1360. The molecule has 0 saturated carbocycles. The highest BCUT2D eigenvalue weighted by molar-refractivity contribution is 6.23. The minimum atomic E-state index is -0.392. The molecule has 5 aromatic rings. The van der Waals surface area contributed by atoms with Gasteiger partial charge in [-0.25, -0.2) is 9.37 Å². The third kappa shape index (κ3) is 2.52. The van der Waals surface area contributed by atoms with Gasteiger partial charge in [0.2, 0.25) is 5.95 Å². The van der Waals surface area contributed by atoms with Crippen LogP contribution in [0.3, 0.4) is 0 Å². The van der Waals surface area contributed by atoms with Crippen molar-refractivity contribution >= 4 is 38.5 Å². The van der Waals surface area contributed by atoms with Gasteiger partial charge in [-0.15, -0.1) is 0 Å².